The molecule has 1 aliphatic heterocycles. The van der Waals surface area contributed by atoms with E-state index in [1.54, 1.807) is 13.1 Å². The number of allylic oxidation sites excluding steroid dienone is 1. The van der Waals surface area contributed by atoms with E-state index >= 15 is 0 Å². The lowest BCUT2D eigenvalue weighted by molar-refractivity contribution is -0.117. The lowest BCUT2D eigenvalue weighted by Gasteiger charge is -2.13. The third-order valence-corrected chi connectivity index (χ3v) is 3.04. The summed E-state index contributed by atoms with van der Waals surface area (Å²) in [5.41, 5.74) is 2.00. The van der Waals surface area contributed by atoms with Crippen molar-refractivity contribution in [2.75, 3.05) is 0 Å². The molecule has 0 fully saturated rings. The first-order chi connectivity index (χ1) is 8.16. The Labute approximate surface area is 109 Å². The Bertz CT molecular complexity index is 512. The van der Waals surface area contributed by atoms with Crippen molar-refractivity contribution in [3.8, 4) is 0 Å². The molecule has 1 aliphatic rings. The molecule has 0 saturated carbocycles. The number of hydrogen-bond acceptors (Lipinski definition) is 2. The van der Waals surface area contributed by atoms with Crippen molar-refractivity contribution in [2.45, 2.75) is 13.0 Å². The summed E-state index contributed by atoms with van der Waals surface area (Å²) < 4.78 is 1.04. The summed E-state index contributed by atoms with van der Waals surface area (Å²) in [6.45, 7) is 1.57. The molecule has 0 bridgehead atoms. The molecule has 1 aromatic rings. The van der Waals surface area contributed by atoms with Crippen LogP contribution in [0, 0.1) is 0 Å². The molecule has 0 N–H and O–H groups in total. The van der Waals surface area contributed by atoms with Gasteiger partial charge in [0.2, 0.25) is 0 Å². The van der Waals surface area contributed by atoms with Crippen molar-refractivity contribution in [3.05, 3.63) is 52.0 Å². The molecule has 1 unspecified atom stereocenters. The lowest BCUT2D eigenvalue weighted by atomic mass is 9.99. The highest BCUT2D eigenvalue weighted by Gasteiger charge is 2.17. The van der Waals surface area contributed by atoms with Crippen LogP contribution in [0.1, 0.15) is 12.5 Å². The van der Waals surface area contributed by atoms with E-state index in [0.717, 1.165) is 15.6 Å². The van der Waals surface area contributed by atoms with E-state index < -0.39 is 0 Å². The standard InChI is InChI=1S/C14H12BrNO/c1-10(17)14-12(3-2-8-16-14)9-11-4-6-13(15)7-5-11/h2-9,14H,1H3. The Balaban J connectivity index is 2.31. The van der Waals surface area contributed by atoms with Gasteiger partial charge in [-0.2, -0.15) is 0 Å². The third-order valence-electron chi connectivity index (χ3n) is 2.51. The Kier molecular flexibility index (Phi) is 3.69. The second-order valence-corrected chi connectivity index (χ2v) is 4.78. The van der Waals surface area contributed by atoms with Crippen LogP contribution in [0.4, 0.5) is 0 Å². The number of ketones is 1. The number of carbonyl (C=O) groups excluding carboxylic acids is 1. The van der Waals surface area contributed by atoms with Crippen molar-refractivity contribution < 1.29 is 4.79 Å². The smallest absolute Gasteiger partial charge is 0.158 e. The Hall–Kier alpha value is -1.48. The lowest BCUT2D eigenvalue weighted by Crippen LogP contribution is -2.19. The first kappa shape index (κ1) is 12.0. The van der Waals surface area contributed by atoms with Crippen molar-refractivity contribution >= 4 is 34.0 Å². The minimum atomic E-state index is -0.358. The second kappa shape index (κ2) is 5.23. The van der Waals surface area contributed by atoms with Crippen LogP contribution >= 0.6 is 15.9 Å². The molecule has 17 heavy (non-hydrogen) atoms. The number of halogens is 1. The zero-order valence-electron chi connectivity index (χ0n) is 9.43. The van der Waals surface area contributed by atoms with Gasteiger partial charge in [0, 0.05) is 10.7 Å². The summed E-state index contributed by atoms with van der Waals surface area (Å²) in [6.07, 6.45) is 7.45. The van der Waals surface area contributed by atoms with Gasteiger partial charge in [-0.3, -0.25) is 9.79 Å². The molecule has 0 saturated heterocycles. The van der Waals surface area contributed by atoms with Crippen LogP contribution in [0.5, 0.6) is 0 Å². The number of benzene rings is 1. The fourth-order valence-electron chi connectivity index (χ4n) is 1.69. The van der Waals surface area contributed by atoms with Crippen molar-refractivity contribution in [3.63, 3.8) is 0 Å². The van der Waals surface area contributed by atoms with E-state index in [1.807, 2.05) is 42.5 Å². The van der Waals surface area contributed by atoms with Crippen LogP contribution in [0.2, 0.25) is 0 Å². The van der Waals surface area contributed by atoms with Crippen molar-refractivity contribution in [1.82, 2.24) is 0 Å². The molecule has 2 nitrogen and oxygen atoms in total. The largest absolute Gasteiger partial charge is 0.297 e. The van der Waals surface area contributed by atoms with Crippen LogP contribution in [0.3, 0.4) is 0 Å². The second-order valence-electron chi connectivity index (χ2n) is 3.87. The summed E-state index contributed by atoms with van der Waals surface area (Å²) in [5, 5.41) is 0. The van der Waals surface area contributed by atoms with Gasteiger partial charge < -0.3 is 0 Å². The monoisotopic (exact) mass is 289 g/mol. The molecule has 0 amide bonds. The summed E-state index contributed by atoms with van der Waals surface area (Å²) in [6, 6.07) is 7.60. The molecule has 0 aromatic heterocycles. The van der Waals surface area contributed by atoms with E-state index in [9.17, 15) is 4.79 Å². The van der Waals surface area contributed by atoms with E-state index in [2.05, 4.69) is 20.9 Å². The Morgan fingerprint density at radius 3 is 2.71 bits per heavy atom. The SMILES string of the molecule is CC(=O)C1N=CC=CC1=Cc1ccc(Br)cc1. The molecular weight excluding hydrogens is 278 g/mol. The van der Waals surface area contributed by atoms with Crippen LogP contribution in [0.15, 0.2) is 51.5 Å². The number of hydrogen-bond donors (Lipinski definition) is 0. The normalized spacial score (nSPS) is 20.8. The van der Waals surface area contributed by atoms with Gasteiger partial charge in [0.25, 0.3) is 0 Å². The number of rotatable bonds is 2. The Morgan fingerprint density at radius 2 is 2.06 bits per heavy atom. The molecule has 3 heteroatoms. The predicted molar refractivity (Wildman–Crippen MR) is 74.2 cm³/mol. The number of aliphatic imine (C=N–C) groups is 1. The molecule has 2 rings (SSSR count). The van der Waals surface area contributed by atoms with E-state index in [0.29, 0.717) is 0 Å². The highest BCUT2D eigenvalue weighted by atomic mass is 79.9. The topological polar surface area (TPSA) is 29.4 Å². The maximum Gasteiger partial charge on any atom is 0.158 e. The van der Waals surface area contributed by atoms with Gasteiger partial charge in [0.1, 0.15) is 6.04 Å². The highest BCUT2D eigenvalue weighted by molar-refractivity contribution is 9.10. The Morgan fingerprint density at radius 1 is 1.35 bits per heavy atom. The van der Waals surface area contributed by atoms with Gasteiger partial charge in [-0.05, 0) is 42.3 Å². The van der Waals surface area contributed by atoms with Crippen molar-refractivity contribution in [2.24, 2.45) is 4.99 Å². The zero-order chi connectivity index (χ0) is 12.3. The van der Waals surface area contributed by atoms with Crippen molar-refractivity contribution in [1.29, 1.82) is 0 Å². The van der Waals surface area contributed by atoms with Crippen LogP contribution in [-0.4, -0.2) is 18.0 Å². The van der Waals surface area contributed by atoms with Gasteiger partial charge in [0.15, 0.2) is 5.78 Å². The molecule has 0 radical (unpaired) electrons. The fourth-order valence-corrected chi connectivity index (χ4v) is 1.95. The number of dihydropyridines is 1. The van der Waals surface area contributed by atoms with Gasteiger partial charge in [-0.15, -0.1) is 0 Å². The number of nitrogens with zero attached hydrogens (tertiary/aromatic N) is 1. The number of carbonyl (C=O) groups is 1. The zero-order valence-corrected chi connectivity index (χ0v) is 11.0. The molecule has 86 valence electrons. The van der Waals surface area contributed by atoms with Gasteiger partial charge >= 0.3 is 0 Å². The molecular formula is C14H12BrNO. The van der Waals surface area contributed by atoms with E-state index in [1.165, 1.54) is 0 Å². The molecule has 1 atom stereocenters. The van der Waals surface area contributed by atoms with Gasteiger partial charge in [0.05, 0.1) is 0 Å². The summed E-state index contributed by atoms with van der Waals surface area (Å²) in [4.78, 5) is 15.6. The molecule has 0 aliphatic carbocycles. The highest BCUT2D eigenvalue weighted by Crippen LogP contribution is 2.19. The molecule has 1 aromatic carbocycles. The van der Waals surface area contributed by atoms with Gasteiger partial charge in [-0.1, -0.05) is 34.1 Å². The molecule has 0 spiro atoms. The van der Waals surface area contributed by atoms with E-state index in [4.69, 9.17) is 0 Å². The third kappa shape index (κ3) is 3.01. The van der Waals surface area contributed by atoms with Crippen LogP contribution in [0.25, 0.3) is 6.08 Å². The predicted octanol–water partition coefficient (Wildman–Crippen LogP) is 3.43. The fraction of sp³-hybridized carbons (Fsp3) is 0.143. The summed E-state index contributed by atoms with van der Waals surface area (Å²) >= 11 is 3.39. The summed E-state index contributed by atoms with van der Waals surface area (Å²) in [7, 11) is 0. The first-order valence-electron chi connectivity index (χ1n) is 5.34. The van der Waals surface area contributed by atoms with E-state index in [-0.39, 0.29) is 11.8 Å². The minimum absolute atomic E-state index is 0.0639. The minimum Gasteiger partial charge on any atom is -0.297 e. The molecule has 1 heterocycles. The average molecular weight is 290 g/mol. The quantitative estimate of drug-likeness (QED) is 0.820. The first-order valence-corrected chi connectivity index (χ1v) is 6.13. The van der Waals surface area contributed by atoms with Gasteiger partial charge in [-0.25, -0.2) is 0 Å². The maximum atomic E-state index is 11.5. The number of Topliss-reactive ketones (excluding diaryl/α,β-unsaturated/α-hetero) is 1. The van der Waals surface area contributed by atoms with Crippen LogP contribution in [-0.2, 0) is 4.79 Å². The maximum absolute atomic E-state index is 11.5. The average Bonchev–Trinajstić information content (AvgIpc) is 2.32. The van der Waals surface area contributed by atoms with Crippen LogP contribution < -0.4 is 0 Å². The summed E-state index contributed by atoms with van der Waals surface area (Å²) in [5.74, 6) is 0.0639.